The van der Waals surface area contributed by atoms with Crippen molar-refractivity contribution in [2.24, 2.45) is 5.10 Å². The van der Waals surface area contributed by atoms with E-state index in [1.807, 2.05) is 0 Å². The maximum atomic E-state index is 12.0. The second-order valence-electron chi connectivity index (χ2n) is 5.19. The van der Waals surface area contributed by atoms with Crippen LogP contribution in [0.1, 0.15) is 15.9 Å². The van der Waals surface area contributed by atoms with Gasteiger partial charge in [-0.3, -0.25) is 9.59 Å². The predicted molar refractivity (Wildman–Crippen MR) is 104 cm³/mol. The van der Waals surface area contributed by atoms with Gasteiger partial charge < -0.3 is 14.8 Å². The number of hydrazone groups is 1. The third-order valence-corrected chi connectivity index (χ3v) is 4.16. The van der Waals surface area contributed by atoms with Gasteiger partial charge in [0.05, 0.1) is 37.0 Å². The van der Waals surface area contributed by atoms with E-state index in [0.29, 0.717) is 27.6 Å². The zero-order chi connectivity index (χ0) is 19.8. The molecule has 0 fully saturated rings. The Morgan fingerprint density at radius 2 is 1.89 bits per heavy atom. The molecule has 2 rings (SSSR count). The van der Waals surface area contributed by atoms with Crippen LogP contribution in [0.25, 0.3) is 0 Å². The lowest BCUT2D eigenvalue weighted by Gasteiger charge is -2.09. The summed E-state index contributed by atoms with van der Waals surface area (Å²) in [6.07, 6.45) is 1.42. The van der Waals surface area contributed by atoms with Crippen molar-refractivity contribution >= 4 is 41.2 Å². The number of benzene rings is 2. The molecule has 0 aliphatic carbocycles. The first-order valence-corrected chi connectivity index (χ1v) is 8.48. The Morgan fingerprint density at radius 3 is 2.56 bits per heavy atom. The molecule has 0 spiro atoms. The number of hydrogen-bond acceptors (Lipinski definition) is 5. The maximum absolute atomic E-state index is 12.0. The van der Waals surface area contributed by atoms with Gasteiger partial charge in [-0.05, 0) is 30.3 Å². The molecule has 0 unspecified atom stereocenters. The molecule has 0 atom stereocenters. The van der Waals surface area contributed by atoms with E-state index in [4.69, 9.17) is 32.7 Å². The lowest BCUT2D eigenvalue weighted by atomic mass is 10.2. The van der Waals surface area contributed by atoms with E-state index >= 15 is 0 Å². The average molecular weight is 410 g/mol. The highest BCUT2D eigenvalue weighted by molar-refractivity contribution is 6.42. The van der Waals surface area contributed by atoms with Crippen LogP contribution in [0.4, 0.5) is 0 Å². The van der Waals surface area contributed by atoms with Crippen molar-refractivity contribution < 1.29 is 19.1 Å². The smallest absolute Gasteiger partial charge is 0.259 e. The van der Waals surface area contributed by atoms with Gasteiger partial charge in [0.15, 0.2) is 11.5 Å². The second kappa shape index (κ2) is 9.80. The van der Waals surface area contributed by atoms with E-state index in [9.17, 15) is 9.59 Å². The summed E-state index contributed by atoms with van der Waals surface area (Å²) in [5.41, 5.74) is 3.24. The Labute approximate surface area is 166 Å². The zero-order valence-electron chi connectivity index (χ0n) is 14.6. The van der Waals surface area contributed by atoms with Gasteiger partial charge in [0.2, 0.25) is 0 Å². The molecule has 0 aliphatic heterocycles. The summed E-state index contributed by atoms with van der Waals surface area (Å²) in [4.78, 5) is 23.8. The van der Waals surface area contributed by atoms with Gasteiger partial charge in [-0.2, -0.15) is 5.10 Å². The number of ether oxygens (including phenoxy) is 2. The number of amides is 2. The maximum Gasteiger partial charge on any atom is 0.259 e. The van der Waals surface area contributed by atoms with Crippen molar-refractivity contribution in [2.45, 2.75) is 0 Å². The molecule has 0 aromatic heterocycles. The van der Waals surface area contributed by atoms with Crippen LogP contribution in [0.3, 0.4) is 0 Å². The monoisotopic (exact) mass is 409 g/mol. The fourth-order valence-corrected chi connectivity index (χ4v) is 2.43. The van der Waals surface area contributed by atoms with Gasteiger partial charge in [-0.1, -0.05) is 29.3 Å². The van der Waals surface area contributed by atoms with Crippen LogP contribution in [0, 0.1) is 0 Å². The van der Waals surface area contributed by atoms with Crippen LogP contribution in [0.2, 0.25) is 10.0 Å². The molecule has 0 saturated heterocycles. The van der Waals surface area contributed by atoms with Gasteiger partial charge in [0, 0.05) is 11.1 Å². The minimum atomic E-state index is -0.499. The largest absolute Gasteiger partial charge is 0.493 e. The minimum absolute atomic E-state index is 0.255. The fraction of sp³-hybridized carbons (Fsp3) is 0.167. The average Bonchev–Trinajstić information content (AvgIpc) is 2.67. The Bertz CT molecular complexity index is 872. The Morgan fingerprint density at radius 1 is 1.11 bits per heavy atom. The van der Waals surface area contributed by atoms with Gasteiger partial charge in [-0.25, -0.2) is 5.43 Å². The van der Waals surface area contributed by atoms with E-state index in [2.05, 4.69) is 15.8 Å². The van der Waals surface area contributed by atoms with E-state index in [0.717, 1.165) is 0 Å². The first-order chi connectivity index (χ1) is 13.0. The summed E-state index contributed by atoms with van der Waals surface area (Å²) >= 11 is 11.7. The molecule has 2 amide bonds. The summed E-state index contributed by atoms with van der Waals surface area (Å²) in [6.45, 7) is -0.258. The predicted octanol–water partition coefficient (Wildman–Crippen LogP) is 2.89. The van der Waals surface area contributed by atoms with Gasteiger partial charge in [0.1, 0.15) is 0 Å². The standard InChI is InChI=1S/C18H17Cl2N3O4/c1-26-15-5-3-4-12(17(15)27-2)9-22-23-16(24)10-21-18(25)11-6-7-13(19)14(20)8-11/h3-9H,10H2,1-2H3,(H,21,25)(H,23,24)/b22-9+. The molecule has 0 aliphatic rings. The lowest BCUT2D eigenvalue weighted by molar-refractivity contribution is -0.120. The van der Waals surface area contributed by atoms with Crippen LogP contribution < -0.4 is 20.2 Å². The number of nitrogens with one attached hydrogen (secondary N) is 2. The van der Waals surface area contributed by atoms with E-state index in [1.54, 1.807) is 18.2 Å². The quantitative estimate of drug-likeness (QED) is 0.543. The molecular formula is C18H17Cl2N3O4. The van der Waals surface area contributed by atoms with E-state index < -0.39 is 11.8 Å². The molecule has 27 heavy (non-hydrogen) atoms. The van der Waals surface area contributed by atoms with Crippen molar-refractivity contribution in [3.8, 4) is 11.5 Å². The first kappa shape index (κ1) is 20.5. The Kier molecular flexibility index (Phi) is 7.45. The van der Waals surface area contributed by atoms with Gasteiger partial charge in [0.25, 0.3) is 11.8 Å². The molecule has 0 bridgehead atoms. The molecule has 2 N–H and O–H groups in total. The van der Waals surface area contributed by atoms with Crippen LogP contribution in [0.15, 0.2) is 41.5 Å². The third-order valence-electron chi connectivity index (χ3n) is 3.42. The SMILES string of the molecule is COc1cccc(/C=N/NC(=O)CNC(=O)c2ccc(Cl)c(Cl)c2)c1OC. The molecule has 2 aromatic rings. The molecule has 2 aromatic carbocycles. The molecular weight excluding hydrogens is 393 g/mol. The number of carbonyl (C=O) groups excluding carboxylic acids is 2. The number of rotatable bonds is 7. The number of methoxy groups -OCH3 is 2. The summed E-state index contributed by atoms with van der Waals surface area (Å²) in [5.74, 6) is 0.0799. The fourth-order valence-electron chi connectivity index (χ4n) is 2.13. The Hall–Kier alpha value is -2.77. The zero-order valence-corrected chi connectivity index (χ0v) is 16.1. The number of carbonyl (C=O) groups is 2. The van der Waals surface area contributed by atoms with Crippen LogP contribution in [0.5, 0.6) is 11.5 Å². The molecule has 142 valence electrons. The molecule has 9 heteroatoms. The highest BCUT2D eigenvalue weighted by Crippen LogP contribution is 2.29. The van der Waals surface area contributed by atoms with Crippen molar-refractivity contribution in [3.05, 3.63) is 57.6 Å². The van der Waals surface area contributed by atoms with Crippen LogP contribution in [-0.4, -0.2) is 38.8 Å². The normalized spacial score (nSPS) is 10.5. The second-order valence-corrected chi connectivity index (χ2v) is 6.00. The van der Waals surface area contributed by atoms with Crippen molar-refractivity contribution in [1.29, 1.82) is 0 Å². The minimum Gasteiger partial charge on any atom is -0.493 e. The number of para-hydroxylation sites is 1. The van der Waals surface area contributed by atoms with E-state index in [-0.39, 0.29) is 11.6 Å². The molecule has 0 radical (unpaired) electrons. The summed E-state index contributed by atoms with van der Waals surface area (Å²) in [5, 5.41) is 6.91. The van der Waals surface area contributed by atoms with Crippen molar-refractivity contribution in [1.82, 2.24) is 10.7 Å². The lowest BCUT2D eigenvalue weighted by Crippen LogP contribution is -2.34. The number of nitrogens with zero attached hydrogens (tertiary/aromatic N) is 1. The van der Waals surface area contributed by atoms with E-state index in [1.165, 1.54) is 38.6 Å². The highest BCUT2D eigenvalue weighted by Gasteiger charge is 2.10. The molecule has 0 heterocycles. The summed E-state index contributed by atoms with van der Waals surface area (Å²) in [7, 11) is 3.03. The highest BCUT2D eigenvalue weighted by atomic mass is 35.5. The van der Waals surface area contributed by atoms with Crippen LogP contribution >= 0.6 is 23.2 Å². The van der Waals surface area contributed by atoms with Gasteiger partial charge in [-0.15, -0.1) is 0 Å². The van der Waals surface area contributed by atoms with Crippen LogP contribution in [-0.2, 0) is 4.79 Å². The summed E-state index contributed by atoms with van der Waals surface area (Å²) < 4.78 is 10.5. The molecule has 0 saturated carbocycles. The topological polar surface area (TPSA) is 89.0 Å². The van der Waals surface area contributed by atoms with Gasteiger partial charge >= 0.3 is 0 Å². The van der Waals surface area contributed by atoms with Crippen molar-refractivity contribution in [3.63, 3.8) is 0 Å². The van der Waals surface area contributed by atoms with Crippen molar-refractivity contribution in [2.75, 3.05) is 20.8 Å². The summed E-state index contributed by atoms with van der Waals surface area (Å²) in [6, 6.07) is 9.70. The number of hydrogen-bond donors (Lipinski definition) is 2. The third kappa shape index (κ3) is 5.60. The number of halogens is 2. The molecule has 7 nitrogen and oxygen atoms in total. The first-order valence-electron chi connectivity index (χ1n) is 7.72. The Balaban J connectivity index is 1.90.